The second-order valence-corrected chi connectivity index (χ2v) is 5.23. The smallest absolute Gasteiger partial charge is 0.105 e. The van der Waals surface area contributed by atoms with Gasteiger partial charge in [-0.2, -0.15) is 10.4 Å². The van der Waals surface area contributed by atoms with Gasteiger partial charge in [0.15, 0.2) is 0 Å². The first-order valence-corrected chi connectivity index (χ1v) is 6.58. The summed E-state index contributed by atoms with van der Waals surface area (Å²) in [7, 11) is 0. The fourth-order valence-corrected chi connectivity index (χ4v) is 2.08. The fourth-order valence-electron chi connectivity index (χ4n) is 1.80. The van der Waals surface area contributed by atoms with Crippen molar-refractivity contribution in [3.63, 3.8) is 0 Å². The average Bonchev–Trinajstić information content (AvgIpc) is 2.55. The molecule has 0 amide bonds. The number of rotatable bonds is 5. The molecule has 0 aliphatic carbocycles. The molecule has 0 aliphatic rings. The normalized spacial score (nSPS) is 14.4. The summed E-state index contributed by atoms with van der Waals surface area (Å²) in [6, 6.07) is 2.33. The zero-order valence-corrected chi connectivity index (χ0v) is 12.4. The standard InChI is InChI=1S/C12H19BrN4/c1-5-15-12(4,8-14)6-7-17-10(3)11(13)9(2)16-17/h15H,5-7H2,1-4H3. The van der Waals surface area contributed by atoms with Gasteiger partial charge >= 0.3 is 0 Å². The highest BCUT2D eigenvalue weighted by atomic mass is 79.9. The van der Waals surface area contributed by atoms with E-state index in [-0.39, 0.29) is 0 Å². The predicted molar refractivity (Wildman–Crippen MR) is 71.7 cm³/mol. The molecule has 94 valence electrons. The maximum Gasteiger partial charge on any atom is 0.105 e. The van der Waals surface area contributed by atoms with Crippen LogP contribution in [0.15, 0.2) is 4.47 Å². The van der Waals surface area contributed by atoms with Crippen LogP contribution in [0.25, 0.3) is 0 Å². The molecule has 1 aromatic heterocycles. The van der Waals surface area contributed by atoms with Gasteiger partial charge in [0.1, 0.15) is 5.54 Å². The number of aryl methyl sites for hydroxylation is 2. The van der Waals surface area contributed by atoms with E-state index in [9.17, 15) is 5.26 Å². The zero-order valence-electron chi connectivity index (χ0n) is 10.8. The maximum atomic E-state index is 9.17. The van der Waals surface area contributed by atoms with Crippen LogP contribution in [0.3, 0.4) is 0 Å². The Morgan fingerprint density at radius 3 is 2.59 bits per heavy atom. The summed E-state index contributed by atoms with van der Waals surface area (Å²) >= 11 is 3.50. The zero-order chi connectivity index (χ0) is 13.1. The highest BCUT2D eigenvalue weighted by Crippen LogP contribution is 2.21. The Labute approximate surface area is 111 Å². The van der Waals surface area contributed by atoms with Crippen LogP contribution < -0.4 is 5.32 Å². The molecule has 5 heteroatoms. The van der Waals surface area contributed by atoms with Gasteiger partial charge in [-0.15, -0.1) is 0 Å². The predicted octanol–water partition coefficient (Wildman–Crippen LogP) is 2.54. The number of nitrogens with one attached hydrogen (secondary N) is 1. The van der Waals surface area contributed by atoms with E-state index in [1.807, 2.05) is 32.4 Å². The molecular formula is C12H19BrN4. The SMILES string of the molecule is CCNC(C)(C#N)CCn1nc(C)c(Br)c1C. The van der Waals surface area contributed by atoms with Crippen LogP contribution in [-0.4, -0.2) is 21.9 Å². The third kappa shape index (κ3) is 3.30. The third-order valence-corrected chi connectivity index (χ3v) is 4.08. The minimum atomic E-state index is -0.479. The first-order chi connectivity index (χ1) is 7.93. The summed E-state index contributed by atoms with van der Waals surface area (Å²) in [5.41, 5.74) is 1.62. The van der Waals surface area contributed by atoms with Crippen LogP contribution in [-0.2, 0) is 6.54 Å². The van der Waals surface area contributed by atoms with Gasteiger partial charge < -0.3 is 0 Å². The van der Waals surface area contributed by atoms with Gasteiger partial charge in [-0.1, -0.05) is 6.92 Å². The molecule has 1 atom stereocenters. The Hall–Kier alpha value is -0.860. The van der Waals surface area contributed by atoms with Crippen molar-refractivity contribution in [2.45, 2.75) is 46.2 Å². The number of hydrogen-bond acceptors (Lipinski definition) is 3. The Kier molecular flexibility index (Phi) is 4.72. The topological polar surface area (TPSA) is 53.6 Å². The molecule has 4 nitrogen and oxygen atoms in total. The van der Waals surface area contributed by atoms with Crippen LogP contribution in [0.1, 0.15) is 31.7 Å². The van der Waals surface area contributed by atoms with E-state index in [0.29, 0.717) is 0 Å². The maximum absolute atomic E-state index is 9.17. The minimum absolute atomic E-state index is 0.479. The van der Waals surface area contributed by atoms with E-state index in [1.165, 1.54) is 0 Å². The summed E-state index contributed by atoms with van der Waals surface area (Å²) in [4.78, 5) is 0. The Balaban J connectivity index is 2.73. The van der Waals surface area contributed by atoms with E-state index in [1.54, 1.807) is 0 Å². The monoisotopic (exact) mass is 298 g/mol. The number of aromatic nitrogens is 2. The second-order valence-electron chi connectivity index (χ2n) is 4.43. The summed E-state index contributed by atoms with van der Waals surface area (Å²) in [5.74, 6) is 0. The Morgan fingerprint density at radius 1 is 1.53 bits per heavy atom. The number of nitriles is 1. The molecular weight excluding hydrogens is 280 g/mol. The summed E-state index contributed by atoms with van der Waals surface area (Å²) in [6.07, 6.45) is 0.742. The quantitative estimate of drug-likeness (QED) is 0.909. The van der Waals surface area contributed by atoms with Crippen LogP contribution in [0, 0.1) is 25.2 Å². The van der Waals surface area contributed by atoms with Crippen molar-refractivity contribution >= 4 is 15.9 Å². The first kappa shape index (κ1) is 14.2. The molecule has 1 N–H and O–H groups in total. The van der Waals surface area contributed by atoms with E-state index in [0.717, 1.165) is 35.4 Å². The highest BCUT2D eigenvalue weighted by Gasteiger charge is 2.22. The second kappa shape index (κ2) is 5.65. The summed E-state index contributed by atoms with van der Waals surface area (Å²) < 4.78 is 3.01. The molecule has 17 heavy (non-hydrogen) atoms. The molecule has 0 radical (unpaired) electrons. The molecule has 0 spiro atoms. The first-order valence-electron chi connectivity index (χ1n) is 5.79. The highest BCUT2D eigenvalue weighted by molar-refractivity contribution is 9.10. The number of nitrogens with zero attached hydrogens (tertiary/aromatic N) is 3. The van der Waals surface area contributed by atoms with Gasteiger partial charge in [0.25, 0.3) is 0 Å². The molecule has 1 aromatic rings. The van der Waals surface area contributed by atoms with Crippen molar-refractivity contribution in [1.29, 1.82) is 5.26 Å². The number of halogens is 1. The molecule has 0 fully saturated rings. The van der Waals surface area contributed by atoms with Gasteiger partial charge in [-0.25, -0.2) is 0 Å². The molecule has 0 aliphatic heterocycles. The summed E-state index contributed by atoms with van der Waals surface area (Å²) in [6.45, 7) is 9.48. The van der Waals surface area contributed by atoms with Gasteiger partial charge in [0, 0.05) is 12.2 Å². The van der Waals surface area contributed by atoms with Gasteiger partial charge in [-0.3, -0.25) is 10.00 Å². The largest absolute Gasteiger partial charge is 0.300 e. The van der Waals surface area contributed by atoms with Crippen LogP contribution in [0.4, 0.5) is 0 Å². The molecule has 0 saturated carbocycles. The fraction of sp³-hybridized carbons (Fsp3) is 0.667. The van der Waals surface area contributed by atoms with Crippen molar-refractivity contribution in [3.05, 3.63) is 15.9 Å². The molecule has 0 aromatic carbocycles. The number of hydrogen-bond donors (Lipinski definition) is 1. The van der Waals surface area contributed by atoms with Crippen molar-refractivity contribution in [2.75, 3.05) is 6.54 Å². The molecule has 1 heterocycles. The Bertz CT molecular complexity index is 432. The lowest BCUT2D eigenvalue weighted by atomic mass is 10.00. The van der Waals surface area contributed by atoms with Crippen molar-refractivity contribution in [1.82, 2.24) is 15.1 Å². The van der Waals surface area contributed by atoms with Crippen molar-refractivity contribution < 1.29 is 0 Å². The lowest BCUT2D eigenvalue weighted by molar-refractivity contribution is 0.387. The molecule has 0 bridgehead atoms. The minimum Gasteiger partial charge on any atom is -0.300 e. The van der Waals surface area contributed by atoms with E-state index in [2.05, 4.69) is 32.4 Å². The Morgan fingerprint density at radius 2 is 2.18 bits per heavy atom. The van der Waals surface area contributed by atoms with E-state index >= 15 is 0 Å². The average molecular weight is 299 g/mol. The summed E-state index contributed by atoms with van der Waals surface area (Å²) in [5, 5.41) is 16.8. The molecule has 0 saturated heterocycles. The van der Waals surface area contributed by atoms with Gasteiger partial charge in [-0.05, 0) is 49.7 Å². The van der Waals surface area contributed by atoms with Gasteiger partial charge in [0.05, 0.1) is 16.2 Å². The van der Waals surface area contributed by atoms with Crippen LogP contribution in [0.2, 0.25) is 0 Å². The van der Waals surface area contributed by atoms with E-state index < -0.39 is 5.54 Å². The van der Waals surface area contributed by atoms with E-state index in [4.69, 9.17) is 0 Å². The van der Waals surface area contributed by atoms with Crippen molar-refractivity contribution in [3.8, 4) is 6.07 Å². The van der Waals surface area contributed by atoms with Gasteiger partial charge in [0.2, 0.25) is 0 Å². The lowest BCUT2D eigenvalue weighted by Crippen LogP contribution is -2.41. The lowest BCUT2D eigenvalue weighted by Gasteiger charge is -2.22. The molecule has 1 unspecified atom stereocenters. The van der Waals surface area contributed by atoms with Crippen molar-refractivity contribution in [2.24, 2.45) is 0 Å². The van der Waals surface area contributed by atoms with Crippen LogP contribution in [0.5, 0.6) is 0 Å². The third-order valence-electron chi connectivity index (χ3n) is 2.93. The molecule has 1 rings (SSSR count). The van der Waals surface area contributed by atoms with Crippen LogP contribution >= 0.6 is 15.9 Å².